The Morgan fingerprint density at radius 1 is 0.571 bits per heavy atom. The first-order valence-electron chi connectivity index (χ1n) is 11.0. The number of hydrogen-bond acceptors (Lipinski definition) is 4. The lowest BCUT2D eigenvalue weighted by molar-refractivity contribution is -0.343. The first-order chi connectivity index (χ1) is 16.7. The molecular weight excluding hydrogens is 460 g/mol. The van der Waals surface area contributed by atoms with Crippen LogP contribution < -0.4 is 9.97 Å². The lowest BCUT2D eigenvalue weighted by Gasteiger charge is -2.06. The summed E-state index contributed by atoms with van der Waals surface area (Å²) in [4.78, 5) is 6.67. The predicted octanol–water partition coefficient (Wildman–Crippen LogP) is 4.89. The molecule has 0 atom stereocenters. The standard InChI is InChI=1S/2C14H11N.H2O4S/c2*1-10-5-4-8-13-14(10)12-7-3-2-6-11(12)9-15-13;1-5(2,3)4/h2*2-9H,1H3;(H2,1,2,3,4). The molecule has 0 aliphatic carbocycles. The third-order valence-electron chi connectivity index (χ3n) is 5.77. The number of aromatic amines is 2. The fraction of sp³-hybridized carbons (Fsp3) is 0.0714. The summed E-state index contributed by atoms with van der Waals surface area (Å²) in [6.45, 7) is 4.31. The van der Waals surface area contributed by atoms with E-state index in [0.717, 1.165) is 0 Å². The molecule has 2 N–H and O–H groups in total. The van der Waals surface area contributed by atoms with Crippen LogP contribution in [0.1, 0.15) is 11.1 Å². The van der Waals surface area contributed by atoms with Crippen molar-refractivity contribution in [3.05, 3.63) is 108 Å². The van der Waals surface area contributed by atoms with Gasteiger partial charge in [0.25, 0.3) is 0 Å². The van der Waals surface area contributed by atoms with Crippen LogP contribution in [-0.2, 0) is 10.4 Å². The Hall–Kier alpha value is -3.91. The first kappa shape index (κ1) is 24.2. The van der Waals surface area contributed by atoms with E-state index in [9.17, 15) is 0 Å². The van der Waals surface area contributed by atoms with Crippen molar-refractivity contribution < 1.29 is 27.5 Å². The van der Waals surface area contributed by atoms with Gasteiger partial charge in [-0.15, -0.1) is 0 Å². The van der Waals surface area contributed by atoms with Crippen molar-refractivity contribution in [3.63, 3.8) is 0 Å². The molecule has 6 aromatic rings. The fourth-order valence-corrected chi connectivity index (χ4v) is 4.30. The van der Waals surface area contributed by atoms with E-state index in [2.05, 4.69) is 121 Å². The van der Waals surface area contributed by atoms with Gasteiger partial charge >= 0.3 is 0 Å². The van der Waals surface area contributed by atoms with Gasteiger partial charge in [0.2, 0.25) is 11.0 Å². The van der Waals surface area contributed by atoms with E-state index in [-0.39, 0.29) is 0 Å². The summed E-state index contributed by atoms with van der Waals surface area (Å²) in [5.74, 6) is 0. The van der Waals surface area contributed by atoms with Crippen LogP contribution in [0, 0.1) is 13.8 Å². The Kier molecular flexibility index (Phi) is 7.02. The summed E-state index contributed by atoms with van der Waals surface area (Å²) in [6, 6.07) is 29.7. The average Bonchev–Trinajstić information content (AvgIpc) is 2.83. The molecule has 35 heavy (non-hydrogen) atoms. The molecule has 0 saturated carbocycles. The summed E-state index contributed by atoms with van der Waals surface area (Å²) < 4.78 is 34.1. The Bertz CT molecular complexity index is 1640. The summed E-state index contributed by atoms with van der Waals surface area (Å²) >= 11 is 0. The minimum absolute atomic E-state index is 1.20. The van der Waals surface area contributed by atoms with E-state index in [1.54, 1.807) is 0 Å². The zero-order valence-corrected chi connectivity index (χ0v) is 20.1. The second kappa shape index (κ2) is 10.1. The molecule has 0 radical (unpaired) electrons. The number of pyridine rings is 2. The molecule has 4 aromatic carbocycles. The lowest BCUT2D eigenvalue weighted by atomic mass is 10.0. The molecule has 6 nitrogen and oxygen atoms in total. The van der Waals surface area contributed by atoms with E-state index in [0.29, 0.717) is 0 Å². The Balaban J connectivity index is 0.000000139. The molecule has 0 unspecified atom stereocenters. The number of benzene rings is 4. The summed E-state index contributed by atoms with van der Waals surface area (Å²) in [5, 5.41) is 7.83. The Morgan fingerprint density at radius 3 is 1.34 bits per heavy atom. The molecule has 0 bridgehead atoms. The van der Waals surface area contributed by atoms with E-state index >= 15 is 0 Å². The molecule has 0 saturated heterocycles. The van der Waals surface area contributed by atoms with Crippen LogP contribution in [0.3, 0.4) is 0 Å². The minimum atomic E-state index is -5.17. The number of aryl methyl sites for hydroxylation is 2. The van der Waals surface area contributed by atoms with Crippen LogP contribution in [0.2, 0.25) is 0 Å². The van der Waals surface area contributed by atoms with Gasteiger partial charge in [-0.2, -0.15) is 0 Å². The van der Waals surface area contributed by atoms with Crippen molar-refractivity contribution in [1.82, 2.24) is 0 Å². The Morgan fingerprint density at radius 2 is 0.943 bits per heavy atom. The number of hydrogen-bond donors (Lipinski definition) is 0. The number of nitrogens with one attached hydrogen (secondary N) is 2. The van der Waals surface area contributed by atoms with Crippen LogP contribution in [0.4, 0.5) is 0 Å². The maximum absolute atomic E-state index is 8.52. The largest absolute Gasteiger partial charge is 0.759 e. The van der Waals surface area contributed by atoms with Crippen LogP contribution >= 0.6 is 0 Å². The first-order valence-corrected chi connectivity index (χ1v) is 12.3. The van der Waals surface area contributed by atoms with Gasteiger partial charge in [0.05, 0.1) is 10.8 Å². The Labute approximate surface area is 203 Å². The molecule has 0 aliphatic heterocycles. The van der Waals surface area contributed by atoms with Crippen molar-refractivity contribution in [2.45, 2.75) is 13.8 Å². The zero-order chi connectivity index (χ0) is 25.0. The molecule has 0 spiro atoms. The van der Waals surface area contributed by atoms with Gasteiger partial charge in [-0.25, -0.2) is 9.97 Å². The highest BCUT2D eigenvalue weighted by atomic mass is 32.3. The SMILES string of the molecule is Cc1cccc2[nH+]cc3ccccc3c12.Cc1cccc2[nH+]cc3ccccc3c12.O=S(=O)([O-])[O-]. The molecular formula is C28H24N2O4S. The highest BCUT2D eigenvalue weighted by Crippen LogP contribution is 2.25. The van der Waals surface area contributed by atoms with Gasteiger partial charge in [0, 0.05) is 44.1 Å². The van der Waals surface area contributed by atoms with Crippen molar-refractivity contribution in [3.8, 4) is 0 Å². The summed E-state index contributed by atoms with van der Waals surface area (Å²) in [7, 11) is -5.17. The maximum atomic E-state index is 8.52. The van der Waals surface area contributed by atoms with Gasteiger partial charge in [0.1, 0.15) is 0 Å². The van der Waals surface area contributed by atoms with Crippen molar-refractivity contribution >= 4 is 53.7 Å². The van der Waals surface area contributed by atoms with Crippen LogP contribution in [-0.4, -0.2) is 17.5 Å². The van der Waals surface area contributed by atoms with Gasteiger partial charge in [-0.3, -0.25) is 8.42 Å². The van der Waals surface area contributed by atoms with Crippen LogP contribution in [0.5, 0.6) is 0 Å². The third kappa shape index (κ3) is 5.78. The molecule has 0 aliphatic rings. The average molecular weight is 485 g/mol. The molecule has 2 heterocycles. The molecule has 2 aromatic heterocycles. The van der Waals surface area contributed by atoms with E-state index in [1.807, 2.05) is 0 Å². The van der Waals surface area contributed by atoms with Crippen molar-refractivity contribution in [2.75, 3.05) is 0 Å². The van der Waals surface area contributed by atoms with Crippen molar-refractivity contribution in [2.24, 2.45) is 0 Å². The maximum Gasteiger partial charge on any atom is 0.211 e. The van der Waals surface area contributed by atoms with Gasteiger partial charge in [-0.1, -0.05) is 60.7 Å². The monoisotopic (exact) mass is 484 g/mol. The van der Waals surface area contributed by atoms with E-state index in [1.165, 1.54) is 54.5 Å². The number of aromatic nitrogens is 2. The lowest BCUT2D eigenvalue weighted by Crippen LogP contribution is -2.03. The van der Waals surface area contributed by atoms with Gasteiger partial charge in [0.15, 0.2) is 12.4 Å². The quantitative estimate of drug-likeness (QED) is 0.174. The molecule has 0 amide bonds. The third-order valence-corrected chi connectivity index (χ3v) is 5.77. The van der Waals surface area contributed by atoms with Gasteiger partial charge < -0.3 is 9.11 Å². The smallest absolute Gasteiger partial charge is 0.211 e. The summed E-state index contributed by atoms with van der Waals surface area (Å²) in [6.07, 6.45) is 4.13. The predicted molar refractivity (Wildman–Crippen MR) is 136 cm³/mol. The topological polar surface area (TPSA) is 109 Å². The second-order valence-electron chi connectivity index (χ2n) is 8.16. The second-order valence-corrected chi connectivity index (χ2v) is 8.97. The van der Waals surface area contributed by atoms with E-state index < -0.39 is 10.4 Å². The highest BCUT2D eigenvalue weighted by molar-refractivity contribution is 7.79. The number of fused-ring (bicyclic) bond motifs is 6. The molecule has 7 heteroatoms. The highest BCUT2D eigenvalue weighted by Gasteiger charge is 2.08. The summed E-state index contributed by atoms with van der Waals surface area (Å²) in [5.41, 5.74) is 5.04. The molecule has 6 rings (SSSR count). The fourth-order valence-electron chi connectivity index (χ4n) is 4.30. The zero-order valence-electron chi connectivity index (χ0n) is 19.3. The normalized spacial score (nSPS) is 11.1. The van der Waals surface area contributed by atoms with Crippen LogP contribution in [0.15, 0.2) is 97.3 Å². The van der Waals surface area contributed by atoms with E-state index in [4.69, 9.17) is 17.5 Å². The minimum Gasteiger partial charge on any atom is -0.759 e. The number of rotatable bonds is 0. The van der Waals surface area contributed by atoms with Crippen molar-refractivity contribution in [1.29, 1.82) is 0 Å². The number of H-pyrrole nitrogens is 2. The van der Waals surface area contributed by atoms with Gasteiger partial charge in [-0.05, 0) is 37.1 Å². The van der Waals surface area contributed by atoms with Crippen LogP contribution in [0.25, 0.3) is 43.4 Å². The molecule has 0 fully saturated rings. The molecule has 176 valence electrons.